The molecule has 1 aromatic heterocycles. The molecule has 0 atom stereocenters. The standard InChI is InChI=1S/C24H29N5O2/c1-16-4-3-5-20(17(16)2)27-8-10-28(11-9-27)24(31)19-12-21-23(25-13-19)26-14-22(30)29(21)15-18-6-7-18/h3-5,12-13,18H,6-11,14-15H2,1-2H3,(H,25,26). The maximum absolute atomic E-state index is 13.2. The minimum Gasteiger partial charge on any atom is -0.368 e. The number of hydrogen-bond acceptors (Lipinski definition) is 5. The molecule has 0 bridgehead atoms. The van der Waals surface area contributed by atoms with E-state index in [4.69, 9.17) is 0 Å². The first-order chi connectivity index (χ1) is 15.0. The van der Waals surface area contributed by atoms with Gasteiger partial charge >= 0.3 is 0 Å². The van der Waals surface area contributed by atoms with Gasteiger partial charge in [0.2, 0.25) is 5.91 Å². The van der Waals surface area contributed by atoms with Crippen molar-refractivity contribution in [3.63, 3.8) is 0 Å². The number of piperazine rings is 1. The molecular weight excluding hydrogens is 390 g/mol. The summed E-state index contributed by atoms with van der Waals surface area (Å²) in [6.45, 7) is 8.24. The van der Waals surface area contributed by atoms with Crippen LogP contribution in [0.1, 0.15) is 34.3 Å². The molecule has 162 valence electrons. The highest BCUT2D eigenvalue weighted by Gasteiger charge is 2.32. The van der Waals surface area contributed by atoms with Crippen LogP contribution in [-0.2, 0) is 4.79 Å². The highest BCUT2D eigenvalue weighted by atomic mass is 16.2. The lowest BCUT2D eigenvalue weighted by Crippen LogP contribution is -2.49. The second kappa shape index (κ2) is 7.87. The second-order valence-electron chi connectivity index (χ2n) is 8.89. The van der Waals surface area contributed by atoms with E-state index in [0.29, 0.717) is 30.4 Å². The zero-order chi connectivity index (χ0) is 21.5. The minimum atomic E-state index is -0.0136. The maximum atomic E-state index is 13.2. The highest BCUT2D eigenvalue weighted by molar-refractivity contribution is 6.04. The molecule has 1 aromatic carbocycles. The molecule has 0 spiro atoms. The summed E-state index contributed by atoms with van der Waals surface area (Å²) in [7, 11) is 0. The molecule has 3 aliphatic rings. The Hall–Kier alpha value is -3.09. The van der Waals surface area contributed by atoms with Crippen LogP contribution in [0.2, 0.25) is 0 Å². The molecule has 1 N–H and O–H groups in total. The van der Waals surface area contributed by atoms with E-state index in [-0.39, 0.29) is 18.4 Å². The van der Waals surface area contributed by atoms with Gasteiger partial charge in [-0.15, -0.1) is 0 Å². The van der Waals surface area contributed by atoms with Crippen LogP contribution < -0.4 is 15.1 Å². The summed E-state index contributed by atoms with van der Waals surface area (Å²) in [6, 6.07) is 8.23. The van der Waals surface area contributed by atoms with Gasteiger partial charge in [0.1, 0.15) is 5.82 Å². The van der Waals surface area contributed by atoms with Crippen molar-refractivity contribution in [3.8, 4) is 0 Å². The van der Waals surface area contributed by atoms with Crippen molar-refractivity contribution in [1.82, 2.24) is 9.88 Å². The molecule has 0 unspecified atom stereocenters. The summed E-state index contributed by atoms with van der Waals surface area (Å²) in [5.74, 6) is 1.30. The number of aryl methyl sites for hydroxylation is 1. The van der Waals surface area contributed by atoms with Crippen molar-refractivity contribution in [1.29, 1.82) is 0 Å². The van der Waals surface area contributed by atoms with E-state index in [2.05, 4.69) is 47.2 Å². The normalized spacial score (nSPS) is 18.6. The lowest BCUT2D eigenvalue weighted by molar-refractivity contribution is -0.117. The van der Waals surface area contributed by atoms with Crippen LogP contribution in [-0.4, -0.2) is 61.0 Å². The Bertz CT molecular complexity index is 1020. The third-order valence-corrected chi connectivity index (χ3v) is 6.73. The largest absolute Gasteiger partial charge is 0.368 e. The first kappa shape index (κ1) is 19.8. The predicted molar refractivity (Wildman–Crippen MR) is 122 cm³/mol. The van der Waals surface area contributed by atoms with Gasteiger partial charge in [0.15, 0.2) is 0 Å². The Kier molecular flexibility index (Phi) is 5.04. The average Bonchev–Trinajstić information content (AvgIpc) is 3.61. The number of carbonyl (C=O) groups is 2. The summed E-state index contributed by atoms with van der Waals surface area (Å²) < 4.78 is 0. The molecule has 0 radical (unpaired) electrons. The van der Waals surface area contributed by atoms with Gasteiger partial charge < -0.3 is 20.0 Å². The molecule has 2 amide bonds. The molecule has 2 aliphatic heterocycles. The smallest absolute Gasteiger partial charge is 0.255 e. The Labute approximate surface area is 183 Å². The van der Waals surface area contributed by atoms with Crippen LogP contribution in [0.15, 0.2) is 30.5 Å². The number of fused-ring (bicyclic) bond motifs is 1. The molecule has 1 aliphatic carbocycles. The van der Waals surface area contributed by atoms with E-state index in [1.807, 2.05) is 15.9 Å². The third-order valence-electron chi connectivity index (χ3n) is 6.73. The van der Waals surface area contributed by atoms with Crippen LogP contribution in [0.25, 0.3) is 0 Å². The molecule has 3 heterocycles. The van der Waals surface area contributed by atoms with Crippen molar-refractivity contribution in [3.05, 3.63) is 47.2 Å². The van der Waals surface area contributed by atoms with Crippen molar-refractivity contribution in [2.24, 2.45) is 5.92 Å². The summed E-state index contributed by atoms with van der Waals surface area (Å²) in [5, 5.41) is 3.08. The first-order valence-corrected chi connectivity index (χ1v) is 11.2. The van der Waals surface area contributed by atoms with E-state index in [0.717, 1.165) is 25.3 Å². The topological polar surface area (TPSA) is 68.8 Å². The number of carbonyl (C=O) groups excluding carboxylic acids is 2. The second-order valence-corrected chi connectivity index (χ2v) is 8.89. The monoisotopic (exact) mass is 419 g/mol. The van der Waals surface area contributed by atoms with Crippen LogP contribution in [0.5, 0.6) is 0 Å². The van der Waals surface area contributed by atoms with Gasteiger partial charge in [0.25, 0.3) is 5.91 Å². The maximum Gasteiger partial charge on any atom is 0.255 e. The number of anilines is 3. The molecule has 1 saturated carbocycles. The Morgan fingerprint density at radius 2 is 1.90 bits per heavy atom. The number of amides is 2. The van der Waals surface area contributed by atoms with E-state index in [1.54, 1.807) is 6.20 Å². The van der Waals surface area contributed by atoms with Gasteiger partial charge in [-0.1, -0.05) is 12.1 Å². The molecular formula is C24H29N5O2. The first-order valence-electron chi connectivity index (χ1n) is 11.2. The molecule has 7 heteroatoms. The molecule has 2 aromatic rings. The Morgan fingerprint density at radius 3 is 2.65 bits per heavy atom. The third kappa shape index (κ3) is 3.84. The summed E-state index contributed by atoms with van der Waals surface area (Å²) in [6.07, 6.45) is 3.98. The van der Waals surface area contributed by atoms with Gasteiger partial charge in [-0.2, -0.15) is 0 Å². The molecule has 1 saturated heterocycles. The number of nitrogens with one attached hydrogen (secondary N) is 1. The summed E-state index contributed by atoms with van der Waals surface area (Å²) in [5.41, 5.74) is 5.13. The summed E-state index contributed by atoms with van der Waals surface area (Å²) in [4.78, 5) is 36.2. The highest BCUT2D eigenvalue weighted by Crippen LogP contribution is 2.35. The number of rotatable bonds is 4. The number of nitrogens with zero attached hydrogens (tertiary/aromatic N) is 4. The molecule has 5 rings (SSSR count). The molecule has 2 fully saturated rings. The number of aromatic nitrogens is 1. The van der Waals surface area contributed by atoms with E-state index in [1.165, 1.54) is 29.7 Å². The van der Waals surface area contributed by atoms with Gasteiger partial charge in [0.05, 0.1) is 17.8 Å². The lowest BCUT2D eigenvalue weighted by Gasteiger charge is -2.37. The van der Waals surface area contributed by atoms with Gasteiger partial charge in [-0.05, 0) is 55.9 Å². The number of pyridine rings is 1. The van der Waals surface area contributed by atoms with Crippen molar-refractivity contribution in [2.75, 3.05) is 54.4 Å². The number of benzene rings is 1. The van der Waals surface area contributed by atoms with Crippen LogP contribution in [0.4, 0.5) is 17.2 Å². The van der Waals surface area contributed by atoms with Crippen molar-refractivity contribution < 1.29 is 9.59 Å². The van der Waals surface area contributed by atoms with Crippen LogP contribution >= 0.6 is 0 Å². The fourth-order valence-electron chi connectivity index (χ4n) is 4.47. The van der Waals surface area contributed by atoms with E-state index >= 15 is 0 Å². The average molecular weight is 420 g/mol. The van der Waals surface area contributed by atoms with Gasteiger partial charge in [0, 0.05) is 44.6 Å². The SMILES string of the molecule is Cc1cccc(N2CCN(C(=O)c3cnc4c(c3)N(CC3CC3)C(=O)CN4)CC2)c1C. The Morgan fingerprint density at radius 1 is 1.13 bits per heavy atom. The van der Waals surface area contributed by atoms with Crippen molar-refractivity contribution >= 4 is 29.0 Å². The fourth-order valence-corrected chi connectivity index (χ4v) is 4.47. The Balaban J connectivity index is 1.30. The van der Waals surface area contributed by atoms with E-state index < -0.39 is 0 Å². The lowest BCUT2D eigenvalue weighted by atomic mass is 10.1. The summed E-state index contributed by atoms with van der Waals surface area (Å²) >= 11 is 0. The fraction of sp³-hybridized carbons (Fsp3) is 0.458. The number of hydrogen-bond donors (Lipinski definition) is 1. The zero-order valence-corrected chi connectivity index (χ0v) is 18.2. The van der Waals surface area contributed by atoms with Crippen LogP contribution in [0.3, 0.4) is 0 Å². The predicted octanol–water partition coefficient (Wildman–Crippen LogP) is 2.83. The van der Waals surface area contributed by atoms with Crippen LogP contribution in [0, 0.1) is 19.8 Å². The molecule has 7 nitrogen and oxygen atoms in total. The minimum absolute atomic E-state index is 0.0136. The quantitative estimate of drug-likeness (QED) is 0.825. The van der Waals surface area contributed by atoms with E-state index in [9.17, 15) is 9.59 Å². The van der Waals surface area contributed by atoms with Crippen molar-refractivity contribution in [2.45, 2.75) is 26.7 Å². The van der Waals surface area contributed by atoms with Gasteiger partial charge in [-0.3, -0.25) is 9.59 Å². The molecule has 31 heavy (non-hydrogen) atoms. The van der Waals surface area contributed by atoms with Gasteiger partial charge in [-0.25, -0.2) is 4.98 Å². The zero-order valence-electron chi connectivity index (χ0n) is 18.2.